The highest BCUT2D eigenvalue weighted by molar-refractivity contribution is 5.46. The van der Waals surface area contributed by atoms with Crippen molar-refractivity contribution in [3.8, 4) is 0 Å². The number of methoxy groups -OCH3 is 1. The van der Waals surface area contributed by atoms with Crippen molar-refractivity contribution in [2.24, 2.45) is 5.73 Å². The Kier molecular flexibility index (Phi) is 7.05. The van der Waals surface area contributed by atoms with Crippen LogP contribution in [0, 0.1) is 0 Å². The lowest BCUT2D eigenvalue weighted by atomic mass is 10.2. The molecule has 6 heteroatoms. The molecular weight excluding hydrogens is 230 g/mol. The number of anilines is 2. The molecule has 1 unspecified atom stereocenters. The monoisotopic (exact) mass is 253 g/mol. The maximum absolute atomic E-state index is 5.68. The summed E-state index contributed by atoms with van der Waals surface area (Å²) in [6.07, 6.45) is 3.42. The number of nitrogens with one attached hydrogen (secondary N) is 2. The summed E-state index contributed by atoms with van der Waals surface area (Å²) in [5.74, 6) is 1.64. The number of nitrogens with two attached hydrogens (primary N) is 1. The first-order chi connectivity index (χ1) is 8.72. The third kappa shape index (κ3) is 6.36. The van der Waals surface area contributed by atoms with E-state index in [0.717, 1.165) is 44.2 Å². The zero-order chi connectivity index (χ0) is 13.2. The Morgan fingerprint density at radius 1 is 1.28 bits per heavy atom. The maximum atomic E-state index is 5.68. The van der Waals surface area contributed by atoms with Crippen molar-refractivity contribution in [3.05, 3.63) is 12.4 Å². The summed E-state index contributed by atoms with van der Waals surface area (Å²) in [4.78, 5) is 8.31. The van der Waals surface area contributed by atoms with E-state index < -0.39 is 0 Å². The first-order valence-electron chi connectivity index (χ1n) is 6.26. The van der Waals surface area contributed by atoms with Crippen LogP contribution in [0.25, 0.3) is 0 Å². The van der Waals surface area contributed by atoms with Crippen molar-refractivity contribution in [1.82, 2.24) is 9.97 Å². The largest absolute Gasteiger partial charge is 0.385 e. The van der Waals surface area contributed by atoms with Gasteiger partial charge in [-0.25, -0.2) is 9.97 Å². The molecule has 0 spiro atoms. The molecule has 18 heavy (non-hydrogen) atoms. The molecule has 1 aromatic heterocycles. The molecule has 0 fully saturated rings. The molecule has 1 aromatic rings. The molecule has 1 rings (SSSR count). The van der Waals surface area contributed by atoms with Gasteiger partial charge in [0.2, 0.25) is 0 Å². The van der Waals surface area contributed by atoms with Gasteiger partial charge in [-0.05, 0) is 19.8 Å². The highest BCUT2D eigenvalue weighted by atomic mass is 16.5. The van der Waals surface area contributed by atoms with Gasteiger partial charge in [-0.15, -0.1) is 0 Å². The molecule has 4 N–H and O–H groups in total. The summed E-state index contributed by atoms with van der Waals surface area (Å²) in [5, 5.41) is 6.45. The second-order valence-electron chi connectivity index (χ2n) is 4.25. The Morgan fingerprint density at radius 2 is 1.94 bits per heavy atom. The molecule has 0 aliphatic carbocycles. The average Bonchev–Trinajstić information content (AvgIpc) is 2.35. The molecule has 0 bridgehead atoms. The highest BCUT2D eigenvalue weighted by Gasteiger charge is 1.99. The van der Waals surface area contributed by atoms with E-state index in [4.69, 9.17) is 10.5 Å². The maximum Gasteiger partial charge on any atom is 0.131 e. The molecule has 1 atom stereocenters. The lowest BCUT2D eigenvalue weighted by Crippen LogP contribution is -2.19. The second-order valence-corrected chi connectivity index (χ2v) is 4.25. The Labute approximate surface area is 108 Å². The predicted molar refractivity (Wildman–Crippen MR) is 73.8 cm³/mol. The lowest BCUT2D eigenvalue weighted by Gasteiger charge is -2.09. The van der Waals surface area contributed by atoms with Crippen molar-refractivity contribution in [2.75, 3.05) is 37.4 Å². The molecule has 0 amide bonds. The fraction of sp³-hybridized carbons (Fsp3) is 0.667. The Hall–Kier alpha value is -1.40. The molecule has 0 radical (unpaired) electrons. The van der Waals surface area contributed by atoms with Gasteiger partial charge in [0.25, 0.3) is 0 Å². The Balaban J connectivity index is 2.32. The molecule has 0 aromatic carbocycles. The fourth-order valence-electron chi connectivity index (χ4n) is 1.41. The van der Waals surface area contributed by atoms with Gasteiger partial charge in [0.05, 0.1) is 0 Å². The SMILES string of the molecule is COCCCNc1cc(NCCC(C)N)ncn1. The highest BCUT2D eigenvalue weighted by Crippen LogP contribution is 2.08. The number of ether oxygens (including phenoxy) is 1. The van der Waals surface area contributed by atoms with Crippen LogP contribution in [0.1, 0.15) is 19.8 Å². The predicted octanol–water partition coefficient (Wildman–Crippen LogP) is 1.07. The molecule has 102 valence electrons. The second kappa shape index (κ2) is 8.66. The summed E-state index contributed by atoms with van der Waals surface area (Å²) in [7, 11) is 1.70. The van der Waals surface area contributed by atoms with Gasteiger partial charge in [-0.1, -0.05) is 0 Å². The van der Waals surface area contributed by atoms with Crippen LogP contribution >= 0.6 is 0 Å². The summed E-state index contributed by atoms with van der Waals surface area (Å²) in [6, 6.07) is 2.10. The zero-order valence-electron chi connectivity index (χ0n) is 11.1. The lowest BCUT2D eigenvalue weighted by molar-refractivity contribution is 0.198. The van der Waals surface area contributed by atoms with E-state index in [-0.39, 0.29) is 6.04 Å². The van der Waals surface area contributed by atoms with Crippen molar-refractivity contribution in [1.29, 1.82) is 0 Å². The third-order valence-corrected chi connectivity index (χ3v) is 2.40. The Bertz CT molecular complexity index is 332. The number of hydrogen-bond donors (Lipinski definition) is 3. The average molecular weight is 253 g/mol. The van der Waals surface area contributed by atoms with Crippen LogP contribution in [0.15, 0.2) is 12.4 Å². The van der Waals surface area contributed by atoms with Crippen LogP contribution < -0.4 is 16.4 Å². The van der Waals surface area contributed by atoms with Gasteiger partial charge in [0.1, 0.15) is 18.0 Å². The first kappa shape index (κ1) is 14.7. The summed E-state index contributed by atoms with van der Waals surface area (Å²) >= 11 is 0. The van der Waals surface area contributed by atoms with E-state index in [1.54, 1.807) is 13.4 Å². The van der Waals surface area contributed by atoms with Crippen LogP contribution in [-0.2, 0) is 4.74 Å². The minimum atomic E-state index is 0.200. The van der Waals surface area contributed by atoms with Gasteiger partial charge in [-0.3, -0.25) is 0 Å². The molecule has 0 aliphatic rings. The molecule has 1 heterocycles. The summed E-state index contributed by atoms with van der Waals surface area (Å²) in [5.41, 5.74) is 5.68. The smallest absolute Gasteiger partial charge is 0.131 e. The molecular formula is C12H23N5O. The fourth-order valence-corrected chi connectivity index (χ4v) is 1.41. The van der Waals surface area contributed by atoms with Crippen molar-refractivity contribution in [3.63, 3.8) is 0 Å². The number of aromatic nitrogens is 2. The third-order valence-electron chi connectivity index (χ3n) is 2.40. The minimum absolute atomic E-state index is 0.200. The van der Waals surface area contributed by atoms with Crippen molar-refractivity contribution < 1.29 is 4.74 Å². The number of rotatable bonds is 9. The molecule has 0 saturated carbocycles. The van der Waals surface area contributed by atoms with E-state index in [1.807, 2.05) is 13.0 Å². The molecule has 0 saturated heterocycles. The van der Waals surface area contributed by atoms with E-state index in [2.05, 4.69) is 20.6 Å². The minimum Gasteiger partial charge on any atom is -0.385 e. The normalized spacial score (nSPS) is 12.2. The summed E-state index contributed by atoms with van der Waals surface area (Å²) in [6.45, 7) is 4.39. The van der Waals surface area contributed by atoms with E-state index in [9.17, 15) is 0 Å². The van der Waals surface area contributed by atoms with Crippen LogP contribution in [0.2, 0.25) is 0 Å². The van der Waals surface area contributed by atoms with Crippen LogP contribution in [0.4, 0.5) is 11.6 Å². The quantitative estimate of drug-likeness (QED) is 0.571. The van der Waals surface area contributed by atoms with Crippen LogP contribution in [0.5, 0.6) is 0 Å². The summed E-state index contributed by atoms with van der Waals surface area (Å²) < 4.78 is 4.98. The molecule has 0 aliphatic heterocycles. The van der Waals surface area contributed by atoms with Crippen LogP contribution in [0.3, 0.4) is 0 Å². The van der Waals surface area contributed by atoms with Gasteiger partial charge >= 0.3 is 0 Å². The van der Waals surface area contributed by atoms with E-state index >= 15 is 0 Å². The van der Waals surface area contributed by atoms with Crippen molar-refractivity contribution >= 4 is 11.6 Å². The van der Waals surface area contributed by atoms with Gasteiger partial charge in [0.15, 0.2) is 0 Å². The van der Waals surface area contributed by atoms with E-state index in [1.165, 1.54) is 0 Å². The van der Waals surface area contributed by atoms with E-state index in [0.29, 0.717) is 0 Å². The van der Waals surface area contributed by atoms with Crippen LogP contribution in [-0.4, -0.2) is 42.8 Å². The van der Waals surface area contributed by atoms with Gasteiger partial charge < -0.3 is 21.1 Å². The number of nitrogens with zero attached hydrogens (tertiary/aromatic N) is 2. The Morgan fingerprint density at radius 3 is 2.56 bits per heavy atom. The standard InChI is InChI=1S/C12H23N5O/c1-10(13)4-6-15-12-8-11(16-9-17-12)14-5-3-7-18-2/h8-10H,3-7,13H2,1-2H3,(H2,14,15,16,17). The molecule has 6 nitrogen and oxygen atoms in total. The zero-order valence-corrected chi connectivity index (χ0v) is 11.1. The van der Waals surface area contributed by atoms with Gasteiger partial charge in [-0.2, -0.15) is 0 Å². The first-order valence-corrected chi connectivity index (χ1v) is 6.26. The topological polar surface area (TPSA) is 85.1 Å². The van der Waals surface area contributed by atoms with Crippen molar-refractivity contribution in [2.45, 2.75) is 25.8 Å². The van der Waals surface area contributed by atoms with Gasteiger partial charge in [0, 0.05) is 38.9 Å². The number of hydrogen-bond acceptors (Lipinski definition) is 6.